The van der Waals surface area contributed by atoms with Crippen molar-refractivity contribution < 1.29 is 9.90 Å². The third-order valence-corrected chi connectivity index (χ3v) is 4.35. The molecule has 0 spiro atoms. The van der Waals surface area contributed by atoms with Gasteiger partial charge in [0.25, 0.3) is 5.56 Å². The first-order chi connectivity index (χ1) is 12.3. The number of ketones is 1. The second-order valence-corrected chi connectivity index (χ2v) is 6.79. The number of carbonyl (C=O) groups is 1. The molecule has 3 aromatic rings. The Bertz CT molecular complexity index is 1130. The molecule has 134 valence electrons. The summed E-state index contributed by atoms with van der Waals surface area (Å²) in [5.41, 5.74) is -0.869. The smallest absolute Gasteiger partial charge is 0.279 e. The van der Waals surface area contributed by atoms with Crippen LogP contribution in [0.25, 0.3) is 5.52 Å². The van der Waals surface area contributed by atoms with Crippen molar-refractivity contribution in [3.8, 4) is 5.75 Å². The van der Waals surface area contributed by atoms with E-state index < -0.39 is 22.7 Å². The fourth-order valence-corrected chi connectivity index (χ4v) is 2.96. The molecule has 7 heteroatoms. The highest BCUT2D eigenvalue weighted by Gasteiger charge is 2.20. The van der Waals surface area contributed by atoms with E-state index in [4.69, 9.17) is 11.6 Å². The van der Waals surface area contributed by atoms with Gasteiger partial charge in [0.15, 0.2) is 17.0 Å². The summed E-state index contributed by atoms with van der Waals surface area (Å²) in [4.78, 5) is 37.2. The van der Waals surface area contributed by atoms with Crippen LogP contribution < -0.4 is 11.0 Å². The number of pyridine rings is 1. The summed E-state index contributed by atoms with van der Waals surface area (Å²) in [6, 6.07) is 7.05. The lowest BCUT2D eigenvalue weighted by molar-refractivity contribution is 0.0937. The largest absolute Gasteiger partial charge is 0.503 e. The first-order valence-electron chi connectivity index (χ1n) is 8.05. The second kappa shape index (κ2) is 6.80. The van der Waals surface area contributed by atoms with Crippen LogP contribution in [0.4, 0.5) is 0 Å². The van der Waals surface area contributed by atoms with Crippen LogP contribution in [0.2, 0.25) is 5.02 Å². The number of Topliss-reactive ketones (excluding diaryl/α,β-unsaturated/α-hetero) is 1. The Morgan fingerprint density at radius 2 is 1.96 bits per heavy atom. The van der Waals surface area contributed by atoms with Crippen LogP contribution >= 0.6 is 11.6 Å². The van der Waals surface area contributed by atoms with E-state index in [-0.39, 0.29) is 23.4 Å². The molecule has 0 atom stereocenters. The lowest BCUT2D eigenvalue weighted by atomic mass is 10.0. The topological polar surface area (TPSA) is 80.8 Å². The number of halogens is 1. The molecule has 0 fully saturated rings. The Morgan fingerprint density at radius 1 is 1.23 bits per heavy atom. The summed E-state index contributed by atoms with van der Waals surface area (Å²) < 4.78 is 2.67. The number of hydrogen-bond acceptors (Lipinski definition) is 4. The van der Waals surface area contributed by atoms with Crippen molar-refractivity contribution >= 4 is 22.9 Å². The van der Waals surface area contributed by atoms with Crippen LogP contribution in [-0.4, -0.2) is 19.9 Å². The third kappa shape index (κ3) is 3.15. The Hall–Kier alpha value is -2.86. The van der Waals surface area contributed by atoms with E-state index in [9.17, 15) is 19.5 Å². The highest BCUT2D eigenvalue weighted by atomic mass is 35.5. The zero-order valence-corrected chi connectivity index (χ0v) is 15.0. The minimum atomic E-state index is -0.832. The van der Waals surface area contributed by atoms with Crippen molar-refractivity contribution in [2.24, 2.45) is 5.92 Å². The van der Waals surface area contributed by atoms with Gasteiger partial charge < -0.3 is 14.1 Å². The highest BCUT2D eigenvalue weighted by molar-refractivity contribution is 6.30. The number of nitrogens with zero attached hydrogens (tertiary/aromatic N) is 2. The third-order valence-electron chi connectivity index (χ3n) is 4.11. The summed E-state index contributed by atoms with van der Waals surface area (Å²) in [7, 11) is 0. The summed E-state index contributed by atoms with van der Waals surface area (Å²) >= 11 is 5.96. The van der Waals surface area contributed by atoms with Gasteiger partial charge in [-0.05, 0) is 17.7 Å². The predicted octanol–water partition coefficient (Wildman–Crippen LogP) is 2.71. The maximum Gasteiger partial charge on any atom is 0.279 e. The number of rotatable bonds is 4. The highest BCUT2D eigenvalue weighted by Crippen LogP contribution is 2.15. The van der Waals surface area contributed by atoms with Gasteiger partial charge >= 0.3 is 0 Å². The van der Waals surface area contributed by atoms with E-state index in [1.807, 2.05) is 6.07 Å². The van der Waals surface area contributed by atoms with Crippen LogP contribution in [0.3, 0.4) is 0 Å². The molecule has 0 aliphatic rings. The molecular formula is C19H17ClN2O4. The number of aromatic hydroxyl groups is 1. The SMILES string of the molecule is CC(C)C(=O)c1cn2ccn(Cc3cccc(Cl)c3)c(=O)c2c(O)c1=O. The van der Waals surface area contributed by atoms with Gasteiger partial charge in [-0.1, -0.05) is 37.6 Å². The fourth-order valence-electron chi connectivity index (χ4n) is 2.75. The molecule has 0 saturated heterocycles. The van der Waals surface area contributed by atoms with Crippen molar-refractivity contribution in [2.45, 2.75) is 20.4 Å². The standard InChI is InChI=1S/C19H17ClN2O4/c1-11(2)16(23)14-10-21-6-7-22(9-12-4-3-5-13(20)8-12)19(26)15(21)18(25)17(14)24/h3-8,10-11,25H,9H2,1-2H3. The minimum absolute atomic E-state index is 0.137. The molecule has 26 heavy (non-hydrogen) atoms. The molecule has 3 rings (SSSR count). The van der Waals surface area contributed by atoms with E-state index in [2.05, 4.69) is 0 Å². The Kier molecular flexibility index (Phi) is 4.70. The molecule has 1 N–H and O–H groups in total. The van der Waals surface area contributed by atoms with Gasteiger partial charge in [0.1, 0.15) is 0 Å². The van der Waals surface area contributed by atoms with Crippen molar-refractivity contribution in [2.75, 3.05) is 0 Å². The quantitative estimate of drug-likeness (QED) is 0.714. The van der Waals surface area contributed by atoms with Crippen LogP contribution in [0.1, 0.15) is 29.8 Å². The van der Waals surface area contributed by atoms with Crippen molar-refractivity contribution in [3.05, 3.63) is 79.6 Å². The molecule has 0 amide bonds. The number of carbonyl (C=O) groups excluding carboxylic acids is 1. The second-order valence-electron chi connectivity index (χ2n) is 6.36. The molecule has 2 aromatic heterocycles. The van der Waals surface area contributed by atoms with E-state index in [0.29, 0.717) is 5.02 Å². The van der Waals surface area contributed by atoms with E-state index in [0.717, 1.165) is 5.56 Å². The van der Waals surface area contributed by atoms with E-state index >= 15 is 0 Å². The van der Waals surface area contributed by atoms with Crippen LogP contribution in [-0.2, 0) is 6.54 Å². The fraction of sp³-hybridized carbons (Fsp3) is 0.211. The molecule has 1 aromatic carbocycles. The summed E-state index contributed by atoms with van der Waals surface area (Å²) in [6.45, 7) is 3.56. The normalized spacial score (nSPS) is 11.2. The van der Waals surface area contributed by atoms with Gasteiger partial charge in [0.05, 0.1) is 12.1 Å². The van der Waals surface area contributed by atoms with Crippen LogP contribution in [0.5, 0.6) is 5.75 Å². The summed E-state index contributed by atoms with van der Waals surface area (Å²) in [5.74, 6) is -1.51. The van der Waals surface area contributed by atoms with Crippen molar-refractivity contribution in [1.29, 1.82) is 0 Å². The van der Waals surface area contributed by atoms with Gasteiger partial charge in [0, 0.05) is 29.5 Å². The van der Waals surface area contributed by atoms with Crippen molar-refractivity contribution in [3.63, 3.8) is 0 Å². The lowest BCUT2D eigenvalue weighted by Gasteiger charge is -2.11. The number of benzene rings is 1. The summed E-state index contributed by atoms with van der Waals surface area (Å²) in [5, 5.41) is 10.8. The zero-order valence-electron chi connectivity index (χ0n) is 14.3. The Labute approximate surface area is 153 Å². The average Bonchev–Trinajstić information content (AvgIpc) is 2.59. The Morgan fingerprint density at radius 3 is 2.62 bits per heavy atom. The maximum absolute atomic E-state index is 12.7. The van der Waals surface area contributed by atoms with E-state index in [1.54, 1.807) is 32.0 Å². The minimum Gasteiger partial charge on any atom is -0.503 e. The lowest BCUT2D eigenvalue weighted by Crippen LogP contribution is -2.27. The first-order valence-corrected chi connectivity index (χ1v) is 8.43. The van der Waals surface area contributed by atoms with Crippen molar-refractivity contribution in [1.82, 2.24) is 8.97 Å². The van der Waals surface area contributed by atoms with Gasteiger partial charge in [-0.3, -0.25) is 14.4 Å². The van der Waals surface area contributed by atoms with E-state index in [1.165, 1.54) is 27.6 Å². The molecule has 0 aliphatic heterocycles. The molecule has 0 unspecified atom stereocenters. The molecule has 0 radical (unpaired) electrons. The molecular weight excluding hydrogens is 356 g/mol. The monoisotopic (exact) mass is 372 g/mol. The average molecular weight is 373 g/mol. The Balaban J connectivity index is 2.17. The van der Waals surface area contributed by atoms with Crippen LogP contribution in [0, 0.1) is 5.92 Å². The number of hydrogen-bond donors (Lipinski definition) is 1. The van der Waals surface area contributed by atoms with Gasteiger partial charge in [-0.2, -0.15) is 0 Å². The number of fused-ring (bicyclic) bond motifs is 1. The molecule has 0 bridgehead atoms. The zero-order chi connectivity index (χ0) is 19.0. The molecule has 6 nitrogen and oxygen atoms in total. The summed E-state index contributed by atoms with van der Waals surface area (Å²) in [6.07, 6.45) is 4.35. The number of aromatic nitrogens is 2. The van der Waals surface area contributed by atoms with Gasteiger partial charge in [-0.15, -0.1) is 0 Å². The molecule has 2 heterocycles. The van der Waals surface area contributed by atoms with Gasteiger partial charge in [0.2, 0.25) is 5.43 Å². The van der Waals surface area contributed by atoms with Gasteiger partial charge in [-0.25, -0.2) is 0 Å². The van der Waals surface area contributed by atoms with Crippen LogP contribution in [0.15, 0.2) is 52.4 Å². The molecule has 0 saturated carbocycles. The maximum atomic E-state index is 12.7. The molecule has 0 aliphatic carbocycles. The first kappa shape index (κ1) is 17.9. The predicted molar refractivity (Wildman–Crippen MR) is 99.3 cm³/mol.